The molecule has 1 N–H and O–H groups in total. The smallest absolute Gasteiger partial charge is 0.344 e. The van der Waals surface area contributed by atoms with Gasteiger partial charge < -0.3 is 14.8 Å². The van der Waals surface area contributed by atoms with Crippen molar-refractivity contribution >= 4 is 29.2 Å². The Morgan fingerprint density at radius 1 is 1.07 bits per heavy atom. The average Bonchev–Trinajstić information content (AvgIpc) is 2.63. The second kappa shape index (κ2) is 9.42. The Morgan fingerprint density at radius 3 is 2.48 bits per heavy atom. The quantitative estimate of drug-likeness (QED) is 0.696. The lowest BCUT2D eigenvalue weighted by atomic mass is 10.0. The maximum Gasteiger partial charge on any atom is 0.344 e. The largest absolute Gasteiger partial charge is 0.482 e. The summed E-state index contributed by atoms with van der Waals surface area (Å²) in [6.07, 6.45) is -0.958. The molecule has 1 atom stereocenters. The SMILES string of the molecule is Cc1c(Cl)cccc1NC(=O)[C@H](C)OC(=O)COc1ccccc1C(C)C. The van der Waals surface area contributed by atoms with Crippen molar-refractivity contribution in [3.8, 4) is 5.75 Å². The highest BCUT2D eigenvalue weighted by molar-refractivity contribution is 6.31. The lowest BCUT2D eigenvalue weighted by Crippen LogP contribution is -2.32. The van der Waals surface area contributed by atoms with Gasteiger partial charge in [-0.3, -0.25) is 4.79 Å². The van der Waals surface area contributed by atoms with E-state index in [1.807, 2.05) is 32.0 Å². The Balaban J connectivity index is 1.90. The van der Waals surface area contributed by atoms with Gasteiger partial charge in [0.2, 0.25) is 0 Å². The minimum atomic E-state index is -0.958. The predicted octanol–water partition coefficient (Wildman–Crippen LogP) is 4.72. The molecule has 0 heterocycles. The Hall–Kier alpha value is -2.53. The number of hydrogen-bond acceptors (Lipinski definition) is 4. The number of anilines is 1. The number of benzene rings is 2. The number of para-hydroxylation sites is 1. The van der Waals surface area contributed by atoms with Crippen molar-refractivity contribution < 1.29 is 19.1 Å². The molecule has 0 radical (unpaired) electrons. The summed E-state index contributed by atoms with van der Waals surface area (Å²) in [4.78, 5) is 24.3. The summed E-state index contributed by atoms with van der Waals surface area (Å²) in [5, 5.41) is 3.26. The van der Waals surface area contributed by atoms with Crippen LogP contribution in [0.15, 0.2) is 42.5 Å². The van der Waals surface area contributed by atoms with E-state index in [1.54, 1.807) is 31.2 Å². The summed E-state index contributed by atoms with van der Waals surface area (Å²) in [7, 11) is 0. The lowest BCUT2D eigenvalue weighted by Gasteiger charge is -2.16. The fourth-order valence-electron chi connectivity index (χ4n) is 2.49. The molecule has 0 saturated carbocycles. The number of ether oxygens (including phenoxy) is 2. The molecule has 1 amide bonds. The van der Waals surface area contributed by atoms with Crippen LogP contribution >= 0.6 is 11.6 Å². The molecule has 6 heteroatoms. The summed E-state index contributed by atoms with van der Waals surface area (Å²) in [5.41, 5.74) is 2.34. The second-order valence-electron chi connectivity index (χ2n) is 6.51. The van der Waals surface area contributed by atoms with Gasteiger partial charge in [-0.15, -0.1) is 0 Å². The monoisotopic (exact) mass is 389 g/mol. The molecule has 0 aliphatic heterocycles. The molecule has 0 aliphatic rings. The van der Waals surface area contributed by atoms with Gasteiger partial charge in [0.15, 0.2) is 12.7 Å². The van der Waals surface area contributed by atoms with E-state index >= 15 is 0 Å². The van der Waals surface area contributed by atoms with Crippen molar-refractivity contribution in [3.63, 3.8) is 0 Å². The van der Waals surface area contributed by atoms with Crippen molar-refractivity contribution in [1.82, 2.24) is 0 Å². The van der Waals surface area contributed by atoms with E-state index < -0.39 is 18.0 Å². The van der Waals surface area contributed by atoms with Gasteiger partial charge >= 0.3 is 5.97 Å². The number of carbonyl (C=O) groups is 2. The highest BCUT2D eigenvalue weighted by Gasteiger charge is 2.19. The Bertz CT molecular complexity index is 820. The molecule has 144 valence electrons. The van der Waals surface area contributed by atoms with Crippen molar-refractivity contribution in [2.45, 2.75) is 39.7 Å². The zero-order chi connectivity index (χ0) is 20.0. The van der Waals surface area contributed by atoms with Crippen LogP contribution in [0, 0.1) is 6.92 Å². The third-order valence-corrected chi connectivity index (χ3v) is 4.50. The van der Waals surface area contributed by atoms with E-state index in [4.69, 9.17) is 21.1 Å². The standard InChI is InChI=1S/C21H24ClNO4/c1-13(2)16-8-5-6-11-19(16)26-12-20(24)27-15(4)21(25)23-18-10-7-9-17(22)14(18)3/h5-11,13,15H,12H2,1-4H3,(H,23,25)/t15-/m0/s1. The molecule has 0 aliphatic carbocycles. The number of halogens is 1. The third kappa shape index (κ3) is 5.73. The number of rotatable bonds is 7. The maximum absolute atomic E-state index is 12.3. The molecule has 0 unspecified atom stereocenters. The zero-order valence-electron chi connectivity index (χ0n) is 15.9. The van der Waals surface area contributed by atoms with Gasteiger partial charge in [-0.1, -0.05) is 49.7 Å². The molecule has 0 aromatic heterocycles. The molecule has 2 aromatic rings. The van der Waals surface area contributed by atoms with Crippen molar-refractivity contribution in [2.24, 2.45) is 0 Å². The first-order chi connectivity index (χ1) is 12.8. The minimum Gasteiger partial charge on any atom is -0.482 e. The van der Waals surface area contributed by atoms with E-state index in [1.165, 1.54) is 6.92 Å². The number of nitrogens with one attached hydrogen (secondary N) is 1. The highest BCUT2D eigenvalue weighted by atomic mass is 35.5. The highest BCUT2D eigenvalue weighted by Crippen LogP contribution is 2.26. The zero-order valence-corrected chi connectivity index (χ0v) is 16.7. The van der Waals surface area contributed by atoms with E-state index in [9.17, 15) is 9.59 Å². The molecule has 2 rings (SSSR count). The fourth-order valence-corrected chi connectivity index (χ4v) is 2.66. The third-order valence-electron chi connectivity index (χ3n) is 4.09. The van der Waals surface area contributed by atoms with E-state index in [0.717, 1.165) is 11.1 Å². The molecule has 0 fully saturated rings. The second-order valence-corrected chi connectivity index (χ2v) is 6.92. The van der Waals surface area contributed by atoms with Crippen LogP contribution in [0.1, 0.15) is 37.8 Å². The fraction of sp³-hybridized carbons (Fsp3) is 0.333. The first-order valence-electron chi connectivity index (χ1n) is 8.76. The first kappa shape index (κ1) is 20.8. The van der Waals surface area contributed by atoms with Crippen LogP contribution in [0.5, 0.6) is 5.75 Å². The van der Waals surface area contributed by atoms with Crippen molar-refractivity contribution in [1.29, 1.82) is 0 Å². The Labute approximate surface area is 164 Å². The van der Waals surface area contributed by atoms with Gasteiger partial charge in [-0.05, 0) is 49.1 Å². The minimum absolute atomic E-state index is 0.266. The van der Waals surface area contributed by atoms with Crippen LogP contribution in [0.2, 0.25) is 5.02 Å². The molecule has 2 aromatic carbocycles. The molecular formula is C21H24ClNO4. The lowest BCUT2D eigenvalue weighted by molar-refractivity contribution is -0.155. The molecule has 5 nitrogen and oxygen atoms in total. The normalized spacial score (nSPS) is 11.8. The summed E-state index contributed by atoms with van der Waals surface area (Å²) in [6.45, 7) is 7.14. The van der Waals surface area contributed by atoms with E-state index in [2.05, 4.69) is 5.32 Å². The summed E-state index contributed by atoms with van der Waals surface area (Å²) in [6, 6.07) is 12.7. The number of amides is 1. The van der Waals surface area contributed by atoms with Gasteiger partial charge in [0.25, 0.3) is 5.91 Å². The number of hydrogen-bond donors (Lipinski definition) is 1. The van der Waals surface area contributed by atoms with Crippen molar-refractivity contribution in [3.05, 3.63) is 58.6 Å². The summed E-state index contributed by atoms with van der Waals surface area (Å²) >= 11 is 6.04. The Kier molecular flexibility index (Phi) is 7.25. The summed E-state index contributed by atoms with van der Waals surface area (Å²) < 4.78 is 10.7. The van der Waals surface area contributed by atoms with E-state index in [0.29, 0.717) is 16.5 Å². The topological polar surface area (TPSA) is 64.6 Å². The van der Waals surface area contributed by atoms with Gasteiger partial charge in [0, 0.05) is 10.7 Å². The molecule has 0 spiro atoms. The van der Waals surface area contributed by atoms with Crippen LogP contribution in [0.25, 0.3) is 0 Å². The van der Waals surface area contributed by atoms with Gasteiger partial charge in [-0.2, -0.15) is 0 Å². The first-order valence-corrected chi connectivity index (χ1v) is 9.14. The molecular weight excluding hydrogens is 366 g/mol. The van der Waals surface area contributed by atoms with Crippen LogP contribution < -0.4 is 10.1 Å². The molecule has 0 saturated heterocycles. The summed E-state index contributed by atoms with van der Waals surface area (Å²) in [5.74, 6) is -0.144. The van der Waals surface area contributed by atoms with Crippen LogP contribution in [0.4, 0.5) is 5.69 Å². The molecule has 27 heavy (non-hydrogen) atoms. The number of esters is 1. The maximum atomic E-state index is 12.3. The number of carbonyl (C=O) groups excluding carboxylic acids is 2. The van der Waals surface area contributed by atoms with E-state index in [-0.39, 0.29) is 12.5 Å². The van der Waals surface area contributed by atoms with Crippen molar-refractivity contribution in [2.75, 3.05) is 11.9 Å². The molecule has 0 bridgehead atoms. The van der Waals surface area contributed by atoms with Gasteiger partial charge in [0.1, 0.15) is 5.75 Å². The average molecular weight is 390 g/mol. The van der Waals surface area contributed by atoms with Crippen LogP contribution in [-0.2, 0) is 14.3 Å². The van der Waals surface area contributed by atoms with Gasteiger partial charge in [0.05, 0.1) is 0 Å². The van der Waals surface area contributed by atoms with Crippen LogP contribution in [0.3, 0.4) is 0 Å². The Morgan fingerprint density at radius 2 is 1.78 bits per heavy atom. The van der Waals surface area contributed by atoms with Gasteiger partial charge in [-0.25, -0.2) is 4.79 Å². The van der Waals surface area contributed by atoms with Crippen LogP contribution in [-0.4, -0.2) is 24.6 Å². The predicted molar refractivity (Wildman–Crippen MR) is 106 cm³/mol.